The van der Waals surface area contributed by atoms with Crippen LogP contribution in [0.1, 0.15) is 12.1 Å². The lowest BCUT2D eigenvalue weighted by Crippen LogP contribution is -1.91. The normalized spacial score (nSPS) is 13.0. The van der Waals surface area contributed by atoms with Crippen LogP contribution in [0.5, 0.6) is 5.75 Å². The van der Waals surface area contributed by atoms with Gasteiger partial charge in [-0.1, -0.05) is 0 Å². The highest BCUT2D eigenvalue weighted by atomic mass is 79.9. The number of ether oxygens (including phenoxy) is 1. The van der Waals surface area contributed by atoms with Crippen molar-refractivity contribution in [2.75, 3.05) is 7.11 Å². The van der Waals surface area contributed by atoms with Crippen molar-refractivity contribution >= 4 is 32.9 Å². The van der Waals surface area contributed by atoms with E-state index in [0.717, 1.165) is 34.7 Å². The van der Waals surface area contributed by atoms with E-state index in [9.17, 15) is 0 Å². The number of methoxy groups -OCH3 is 1. The Morgan fingerprint density at radius 1 is 1.28 bits per heavy atom. The van der Waals surface area contributed by atoms with Crippen molar-refractivity contribution in [3.63, 3.8) is 0 Å². The first-order valence-electron chi connectivity index (χ1n) is 5.69. The van der Waals surface area contributed by atoms with E-state index in [4.69, 9.17) is 4.74 Å². The molecule has 0 saturated heterocycles. The molecule has 1 aliphatic heterocycles. The first kappa shape index (κ1) is 13.6. The van der Waals surface area contributed by atoms with E-state index >= 15 is 0 Å². The van der Waals surface area contributed by atoms with Crippen molar-refractivity contribution in [3.8, 4) is 17.0 Å². The number of imidazole rings is 1. The molecule has 0 aliphatic carbocycles. The number of hydrogen-bond donors (Lipinski definition) is 0. The molecule has 0 spiro atoms. The molecule has 2 aromatic rings. The summed E-state index contributed by atoms with van der Waals surface area (Å²) >= 11 is 3.52. The fourth-order valence-corrected chi connectivity index (χ4v) is 2.89. The molecule has 5 heteroatoms. The third kappa shape index (κ3) is 2.21. The Hall–Kier alpha value is -0.810. The Bertz CT molecular complexity index is 549. The molecule has 3 rings (SSSR count). The van der Waals surface area contributed by atoms with E-state index in [2.05, 4.69) is 37.6 Å². The molecule has 2 heterocycles. The molecule has 18 heavy (non-hydrogen) atoms. The summed E-state index contributed by atoms with van der Waals surface area (Å²) in [6, 6.07) is 8.08. The smallest absolute Gasteiger partial charge is 0.177 e. The van der Waals surface area contributed by atoms with Gasteiger partial charge >= 0.3 is 0 Å². The van der Waals surface area contributed by atoms with Crippen LogP contribution in [0, 0.1) is 0 Å². The maximum absolute atomic E-state index is 5.17. The van der Waals surface area contributed by atoms with Crippen molar-refractivity contribution in [2.45, 2.75) is 19.4 Å². The maximum Gasteiger partial charge on any atom is 0.177 e. The first-order chi connectivity index (χ1) is 8.29. The molecule has 1 aromatic heterocycles. The largest absolute Gasteiger partial charge is 0.497 e. The first-order valence-corrected chi connectivity index (χ1v) is 6.48. The minimum atomic E-state index is 0. The topological polar surface area (TPSA) is 27.1 Å². The number of aromatic nitrogens is 2. The average Bonchev–Trinajstić information content (AvgIpc) is 2.94. The van der Waals surface area contributed by atoms with Crippen molar-refractivity contribution in [2.24, 2.45) is 0 Å². The molecule has 96 valence electrons. The second-order valence-corrected chi connectivity index (χ2v) is 4.87. The SMILES string of the molecule is Br.COc1ccc(-c2nc(Br)n3c2CCC3)cc1. The standard InChI is InChI=1S/C13H13BrN2O.BrH/c1-17-10-6-4-9(5-7-10)12-11-3-2-8-16(11)13(14)15-12;/h4-7H,2-3,8H2,1H3;1H. The van der Waals surface area contributed by atoms with E-state index in [0.29, 0.717) is 0 Å². The fraction of sp³-hybridized carbons (Fsp3) is 0.308. The Morgan fingerprint density at radius 3 is 2.67 bits per heavy atom. The number of nitrogens with zero attached hydrogens (tertiary/aromatic N) is 2. The monoisotopic (exact) mass is 372 g/mol. The zero-order chi connectivity index (χ0) is 11.8. The molecule has 0 N–H and O–H groups in total. The maximum atomic E-state index is 5.17. The lowest BCUT2D eigenvalue weighted by Gasteiger charge is -2.02. The molecular formula is C13H14Br2N2O. The van der Waals surface area contributed by atoms with Crippen molar-refractivity contribution in [1.82, 2.24) is 9.55 Å². The summed E-state index contributed by atoms with van der Waals surface area (Å²) in [5, 5.41) is 0. The average molecular weight is 374 g/mol. The second-order valence-electron chi connectivity index (χ2n) is 4.16. The Morgan fingerprint density at radius 2 is 2.00 bits per heavy atom. The highest BCUT2D eigenvalue weighted by Crippen LogP contribution is 2.32. The van der Waals surface area contributed by atoms with Crippen LogP contribution in [-0.2, 0) is 13.0 Å². The molecule has 0 amide bonds. The summed E-state index contributed by atoms with van der Waals surface area (Å²) in [5.41, 5.74) is 3.58. The van der Waals surface area contributed by atoms with E-state index in [1.807, 2.05) is 12.1 Å². The summed E-state index contributed by atoms with van der Waals surface area (Å²) in [5.74, 6) is 0.878. The summed E-state index contributed by atoms with van der Waals surface area (Å²) in [6.45, 7) is 1.07. The van der Waals surface area contributed by atoms with Gasteiger partial charge in [-0.2, -0.15) is 0 Å². The van der Waals surface area contributed by atoms with Gasteiger partial charge in [-0.05, 0) is 53.0 Å². The number of benzene rings is 1. The van der Waals surface area contributed by atoms with Gasteiger partial charge in [-0.25, -0.2) is 4.98 Å². The van der Waals surface area contributed by atoms with Gasteiger partial charge in [-0.3, -0.25) is 0 Å². The van der Waals surface area contributed by atoms with Crippen LogP contribution in [0.3, 0.4) is 0 Å². The summed E-state index contributed by atoms with van der Waals surface area (Å²) < 4.78 is 8.36. The highest BCUT2D eigenvalue weighted by Gasteiger charge is 2.20. The van der Waals surface area contributed by atoms with E-state index < -0.39 is 0 Å². The van der Waals surface area contributed by atoms with Crippen LogP contribution in [0.25, 0.3) is 11.3 Å². The van der Waals surface area contributed by atoms with Gasteiger partial charge in [0.05, 0.1) is 12.8 Å². The van der Waals surface area contributed by atoms with Gasteiger partial charge in [0.25, 0.3) is 0 Å². The van der Waals surface area contributed by atoms with Gasteiger partial charge in [0.15, 0.2) is 4.73 Å². The van der Waals surface area contributed by atoms with Gasteiger partial charge in [0.1, 0.15) is 5.75 Å². The highest BCUT2D eigenvalue weighted by molar-refractivity contribution is 9.10. The molecule has 0 bridgehead atoms. The number of hydrogen-bond acceptors (Lipinski definition) is 2. The van der Waals surface area contributed by atoms with Crippen LogP contribution in [0.15, 0.2) is 29.0 Å². The van der Waals surface area contributed by atoms with E-state index in [1.165, 1.54) is 12.1 Å². The zero-order valence-corrected chi connectivity index (χ0v) is 13.3. The molecular weight excluding hydrogens is 360 g/mol. The van der Waals surface area contributed by atoms with Gasteiger partial charge in [0, 0.05) is 17.8 Å². The molecule has 1 aromatic carbocycles. The Labute approximate surface area is 125 Å². The van der Waals surface area contributed by atoms with Gasteiger partial charge < -0.3 is 9.30 Å². The summed E-state index contributed by atoms with van der Waals surface area (Å²) in [6.07, 6.45) is 2.32. The molecule has 0 unspecified atom stereocenters. The number of rotatable bonds is 2. The minimum absolute atomic E-state index is 0. The van der Waals surface area contributed by atoms with Crippen LogP contribution in [0.2, 0.25) is 0 Å². The zero-order valence-electron chi connectivity index (χ0n) is 10.0. The van der Waals surface area contributed by atoms with Crippen LogP contribution in [0.4, 0.5) is 0 Å². The van der Waals surface area contributed by atoms with Crippen molar-refractivity contribution < 1.29 is 4.74 Å². The molecule has 0 saturated carbocycles. The van der Waals surface area contributed by atoms with Crippen LogP contribution in [-0.4, -0.2) is 16.7 Å². The third-order valence-corrected chi connectivity index (χ3v) is 3.79. The molecule has 0 atom stereocenters. The minimum Gasteiger partial charge on any atom is -0.497 e. The third-order valence-electron chi connectivity index (χ3n) is 3.18. The van der Waals surface area contributed by atoms with E-state index in [-0.39, 0.29) is 17.0 Å². The quantitative estimate of drug-likeness (QED) is 0.799. The van der Waals surface area contributed by atoms with E-state index in [1.54, 1.807) is 7.11 Å². The predicted molar refractivity (Wildman–Crippen MR) is 80.6 cm³/mol. The number of fused-ring (bicyclic) bond motifs is 1. The lowest BCUT2D eigenvalue weighted by molar-refractivity contribution is 0.415. The molecule has 1 aliphatic rings. The number of halogens is 2. The fourth-order valence-electron chi connectivity index (χ4n) is 2.32. The second kappa shape index (κ2) is 5.45. The molecule has 0 radical (unpaired) electrons. The molecule has 3 nitrogen and oxygen atoms in total. The van der Waals surface area contributed by atoms with Gasteiger partial charge in [-0.15, -0.1) is 17.0 Å². The van der Waals surface area contributed by atoms with Crippen molar-refractivity contribution in [1.29, 1.82) is 0 Å². The lowest BCUT2D eigenvalue weighted by atomic mass is 10.1. The van der Waals surface area contributed by atoms with Crippen molar-refractivity contribution in [3.05, 3.63) is 34.7 Å². The molecule has 0 fully saturated rings. The summed E-state index contributed by atoms with van der Waals surface area (Å²) in [7, 11) is 1.68. The van der Waals surface area contributed by atoms with Crippen LogP contribution < -0.4 is 4.74 Å². The Kier molecular flexibility index (Phi) is 4.12. The van der Waals surface area contributed by atoms with Gasteiger partial charge in [0.2, 0.25) is 0 Å². The summed E-state index contributed by atoms with van der Waals surface area (Å²) in [4.78, 5) is 4.60. The Balaban J connectivity index is 0.00000120. The van der Waals surface area contributed by atoms with Crippen LogP contribution >= 0.6 is 32.9 Å². The predicted octanol–water partition coefficient (Wildman–Crippen LogP) is 3.85.